The standard InChI is InChI=1S/C9H16ClNO3S/c1-9(2,3)14-8(13)11-4-5-15-7(12)6-10/h4-6H2,1-3H3,(H,11,13). The summed E-state index contributed by atoms with van der Waals surface area (Å²) in [7, 11) is 0. The summed E-state index contributed by atoms with van der Waals surface area (Å²) in [6.45, 7) is 5.76. The molecule has 0 rings (SSSR count). The first-order chi connectivity index (χ1) is 6.85. The predicted octanol–water partition coefficient (Wildman–Crippen LogP) is 2.01. The van der Waals surface area contributed by atoms with E-state index in [4.69, 9.17) is 16.3 Å². The van der Waals surface area contributed by atoms with Crippen LogP contribution in [0.5, 0.6) is 0 Å². The average Bonchev–Trinajstić information content (AvgIpc) is 2.09. The molecule has 6 heteroatoms. The third-order valence-corrected chi connectivity index (χ3v) is 2.42. The first kappa shape index (κ1) is 14.6. The number of hydrogen-bond acceptors (Lipinski definition) is 4. The van der Waals surface area contributed by atoms with Gasteiger partial charge in [0, 0.05) is 12.3 Å². The molecule has 0 aromatic rings. The van der Waals surface area contributed by atoms with Crippen molar-refractivity contribution in [2.45, 2.75) is 26.4 Å². The molecule has 0 atom stereocenters. The Kier molecular flexibility index (Phi) is 6.76. The molecule has 0 aliphatic carbocycles. The molecule has 1 amide bonds. The van der Waals surface area contributed by atoms with E-state index < -0.39 is 11.7 Å². The second kappa shape index (κ2) is 6.95. The van der Waals surface area contributed by atoms with Gasteiger partial charge in [-0.25, -0.2) is 4.79 Å². The molecule has 88 valence electrons. The monoisotopic (exact) mass is 253 g/mol. The molecule has 0 heterocycles. The summed E-state index contributed by atoms with van der Waals surface area (Å²) in [6, 6.07) is 0. The molecule has 15 heavy (non-hydrogen) atoms. The fourth-order valence-electron chi connectivity index (χ4n) is 0.671. The van der Waals surface area contributed by atoms with E-state index in [1.165, 1.54) is 0 Å². The summed E-state index contributed by atoms with van der Waals surface area (Å²) in [6.07, 6.45) is -0.471. The van der Waals surface area contributed by atoms with Crippen molar-refractivity contribution in [3.8, 4) is 0 Å². The third kappa shape index (κ3) is 9.87. The van der Waals surface area contributed by atoms with Gasteiger partial charge in [0.05, 0.1) is 5.88 Å². The third-order valence-electron chi connectivity index (χ3n) is 1.14. The lowest BCUT2D eigenvalue weighted by molar-refractivity contribution is -0.108. The van der Waals surface area contributed by atoms with Crippen molar-refractivity contribution in [2.75, 3.05) is 18.2 Å². The number of halogens is 1. The van der Waals surface area contributed by atoms with Crippen LogP contribution >= 0.6 is 23.4 Å². The van der Waals surface area contributed by atoms with Crippen LogP contribution in [0.25, 0.3) is 0 Å². The van der Waals surface area contributed by atoms with Gasteiger partial charge < -0.3 is 10.1 Å². The maximum Gasteiger partial charge on any atom is 0.407 e. The molecular formula is C9H16ClNO3S. The second-order valence-corrected chi connectivity index (χ2v) is 5.20. The molecule has 0 aliphatic heterocycles. The minimum atomic E-state index is -0.497. The van der Waals surface area contributed by atoms with Gasteiger partial charge in [-0.3, -0.25) is 4.79 Å². The summed E-state index contributed by atoms with van der Waals surface area (Å²) in [5, 5.41) is 2.45. The number of rotatable bonds is 4. The van der Waals surface area contributed by atoms with E-state index in [1.54, 1.807) is 20.8 Å². The molecule has 0 saturated heterocycles. The second-order valence-electron chi connectivity index (χ2n) is 3.78. The number of carbonyl (C=O) groups excluding carboxylic acids is 2. The van der Waals surface area contributed by atoms with Gasteiger partial charge in [-0.1, -0.05) is 11.8 Å². The number of hydrogen-bond donors (Lipinski definition) is 1. The molecule has 0 spiro atoms. The molecule has 0 aromatic carbocycles. The van der Waals surface area contributed by atoms with Gasteiger partial charge in [0.15, 0.2) is 0 Å². The maximum atomic E-state index is 11.1. The molecule has 0 bridgehead atoms. The largest absolute Gasteiger partial charge is 0.444 e. The van der Waals surface area contributed by atoms with Crippen molar-refractivity contribution in [3.05, 3.63) is 0 Å². The van der Waals surface area contributed by atoms with Gasteiger partial charge in [-0.2, -0.15) is 0 Å². The summed E-state index contributed by atoms with van der Waals surface area (Å²) in [5.41, 5.74) is -0.497. The lowest BCUT2D eigenvalue weighted by atomic mass is 10.2. The van der Waals surface area contributed by atoms with E-state index in [2.05, 4.69) is 5.32 Å². The highest BCUT2D eigenvalue weighted by Crippen LogP contribution is 2.06. The Morgan fingerprint density at radius 2 is 2.00 bits per heavy atom. The van der Waals surface area contributed by atoms with Gasteiger partial charge in [0.25, 0.3) is 0 Å². The van der Waals surface area contributed by atoms with Gasteiger partial charge in [-0.05, 0) is 20.8 Å². The Morgan fingerprint density at radius 1 is 1.40 bits per heavy atom. The van der Waals surface area contributed by atoms with E-state index in [0.717, 1.165) is 11.8 Å². The maximum absolute atomic E-state index is 11.1. The van der Waals surface area contributed by atoms with Crippen molar-refractivity contribution in [2.24, 2.45) is 0 Å². The van der Waals surface area contributed by atoms with Crippen molar-refractivity contribution < 1.29 is 14.3 Å². The van der Waals surface area contributed by atoms with Crippen LogP contribution in [0, 0.1) is 0 Å². The zero-order valence-electron chi connectivity index (χ0n) is 9.13. The number of thioether (sulfide) groups is 1. The van der Waals surface area contributed by atoms with E-state index in [0.29, 0.717) is 12.3 Å². The van der Waals surface area contributed by atoms with Crippen molar-refractivity contribution in [1.82, 2.24) is 5.32 Å². The van der Waals surface area contributed by atoms with E-state index in [9.17, 15) is 9.59 Å². The molecule has 0 aliphatic rings. The van der Waals surface area contributed by atoms with Crippen LogP contribution < -0.4 is 5.32 Å². The van der Waals surface area contributed by atoms with Gasteiger partial charge in [0.2, 0.25) is 5.12 Å². The lowest BCUT2D eigenvalue weighted by Gasteiger charge is -2.19. The number of ether oxygens (including phenoxy) is 1. The van der Waals surface area contributed by atoms with Crippen LogP contribution in [0.15, 0.2) is 0 Å². The van der Waals surface area contributed by atoms with Crippen molar-refractivity contribution in [3.63, 3.8) is 0 Å². The molecule has 0 aromatic heterocycles. The van der Waals surface area contributed by atoms with E-state index in [-0.39, 0.29) is 11.0 Å². The van der Waals surface area contributed by atoms with Gasteiger partial charge in [-0.15, -0.1) is 11.6 Å². The Morgan fingerprint density at radius 3 is 2.47 bits per heavy atom. The highest BCUT2D eigenvalue weighted by atomic mass is 35.5. The van der Waals surface area contributed by atoms with Crippen LogP contribution in [0.2, 0.25) is 0 Å². The molecule has 0 unspecified atom stereocenters. The van der Waals surface area contributed by atoms with Crippen LogP contribution in [0.3, 0.4) is 0 Å². The summed E-state index contributed by atoms with van der Waals surface area (Å²) >= 11 is 6.39. The van der Waals surface area contributed by atoms with Crippen LogP contribution in [0.1, 0.15) is 20.8 Å². The number of carbonyl (C=O) groups is 2. The minimum Gasteiger partial charge on any atom is -0.444 e. The normalized spacial score (nSPS) is 10.9. The highest BCUT2D eigenvalue weighted by Gasteiger charge is 2.15. The first-order valence-electron chi connectivity index (χ1n) is 4.53. The van der Waals surface area contributed by atoms with Gasteiger partial charge in [0.1, 0.15) is 5.60 Å². The number of alkyl halides is 1. The molecule has 0 fully saturated rings. The summed E-state index contributed by atoms with van der Waals surface area (Å²) in [4.78, 5) is 21.9. The molecule has 1 N–H and O–H groups in total. The summed E-state index contributed by atoms with van der Waals surface area (Å²) in [5.74, 6) is 0.502. The Balaban J connectivity index is 3.52. The lowest BCUT2D eigenvalue weighted by Crippen LogP contribution is -2.33. The van der Waals surface area contributed by atoms with Crippen LogP contribution in [0.4, 0.5) is 4.79 Å². The first-order valence-corrected chi connectivity index (χ1v) is 6.05. The Hall–Kier alpha value is -0.420. The summed E-state index contributed by atoms with van der Waals surface area (Å²) < 4.78 is 5.00. The average molecular weight is 254 g/mol. The quantitative estimate of drug-likeness (QED) is 0.615. The zero-order chi connectivity index (χ0) is 11.9. The number of amides is 1. The topological polar surface area (TPSA) is 55.4 Å². The Bertz CT molecular complexity index is 228. The fourth-order valence-corrected chi connectivity index (χ4v) is 1.41. The van der Waals surface area contributed by atoms with E-state index >= 15 is 0 Å². The van der Waals surface area contributed by atoms with E-state index in [1.807, 2.05) is 0 Å². The van der Waals surface area contributed by atoms with Crippen molar-refractivity contribution >= 4 is 34.6 Å². The van der Waals surface area contributed by atoms with Crippen molar-refractivity contribution in [1.29, 1.82) is 0 Å². The SMILES string of the molecule is CC(C)(C)OC(=O)NCCSC(=O)CCl. The molecular weight excluding hydrogens is 238 g/mol. The van der Waals surface area contributed by atoms with Crippen LogP contribution in [-0.4, -0.2) is 35.0 Å². The highest BCUT2D eigenvalue weighted by molar-refractivity contribution is 8.13. The van der Waals surface area contributed by atoms with Crippen LogP contribution in [-0.2, 0) is 9.53 Å². The Labute approximate surface area is 99.1 Å². The fraction of sp³-hybridized carbons (Fsp3) is 0.778. The molecule has 0 radical (unpaired) electrons. The molecule has 0 saturated carbocycles. The minimum absolute atomic E-state index is 0.00287. The molecule has 4 nitrogen and oxygen atoms in total. The zero-order valence-corrected chi connectivity index (χ0v) is 10.7. The van der Waals surface area contributed by atoms with Gasteiger partial charge >= 0.3 is 6.09 Å². The number of alkyl carbamates (subject to hydrolysis) is 1. The number of nitrogens with one attached hydrogen (secondary N) is 1. The predicted molar refractivity (Wildman–Crippen MR) is 62.4 cm³/mol. The smallest absolute Gasteiger partial charge is 0.407 e.